The van der Waals surface area contributed by atoms with Crippen molar-refractivity contribution in [2.75, 3.05) is 7.11 Å². The fourth-order valence-electron chi connectivity index (χ4n) is 1.93. The molecule has 0 amide bonds. The van der Waals surface area contributed by atoms with Crippen molar-refractivity contribution in [2.45, 2.75) is 0 Å². The fraction of sp³-hybridized carbons (Fsp3) is 0.0769. The standard InChI is InChI=1S/C13H9NO5/c1-17-14-9-5-3-2-4-8(9)12-13(14)19-11(16)7-6-10(15)18-12/h2-7H,1H3/b7-6+. The minimum absolute atomic E-state index is 0.0476. The number of nitrogens with zero attached hydrogens (tertiary/aromatic N) is 1. The van der Waals surface area contributed by atoms with Gasteiger partial charge in [-0.05, 0) is 12.1 Å². The summed E-state index contributed by atoms with van der Waals surface area (Å²) in [7, 11) is 1.43. The van der Waals surface area contributed by atoms with Gasteiger partial charge in [-0.1, -0.05) is 12.1 Å². The average molecular weight is 259 g/mol. The summed E-state index contributed by atoms with van der Waals surface area (Å²) in [5.41, 5.74) is 0.637. The van der Waals surface area contributed by atoms with E-state index in [2.05, 4.69) is 0 Å². The van der Waals surface area contributed by atoms with E-state index in [9.17, 15) is 9.59 Å². The Labute approximate surface area is 107 Å². The number of aromatic nitrogens is 1. The lowest BCUT2D eigenvalue weighted by molar-refractivity contribution is -0.134. The van der Waals surface area contributed by atoms with E-state index in [1.165, 1.54) is 11.8 Å². The highest BCUT2D eigenvalue weighted by atomic mass is 16.7. The van der Waals surface area contributed by atoms with Crippen molar-refractivity contribution in [1.29, 1.82) is 0 Å². The second-order valence-electron chi connectivity index (χ2n) is 3.80. The Balaban J connectivity index is 2.32. The highest BCUT2D eigenvalue weighted by Crippen LogP contribution is 2.39. The number of carbonyl (C=O) groups is 2. The van der Waals surface area contributed by atoms with E-state index in [0.29, 0.717) is 10.9 Å². The number of para-hydroxylation sites is 1. The van der Waals surface area contributed by atoms with E-state index >= 15 is 0 Å². The Kier molecular flexibility index (Phi) is 2.49. The van der Waals surface area contributed by atoms with Crippen LogP contribution in [0.3, 0.4) is 0 Å². The Morgan fingerprint density at radius 3 is 2.47 bits per heavy atom. The molecule has 6 nitrogen and oxygen atoms in total. The summed E-state index contributed by atoms with van der Waals surface area (Å²) in [5, 5.41) is 0.621. The normalized spacial score (nSPS) is 16.1. The fourth-order valence-corrected chi connectivity index (χ4v) is 1.93. The van der Waals surface area contributed by atoms with Crippen LogP contribution in [0.4, 0.5) is 0 Å². The van der Waals surface area contributed by atoms with Crippen LogP contribution in [0.15, 0.2) is 36.4 Å². The average Bonchev–Trinajstić information content (AvgIpc) is 2.68. The second kappa shape index (κ2) is 4.16. The van der Waals surface area contributed by atoms with E-state index in [1.807, 2.05) is 0 Å². The number of benzene rings is 1. The third kappa shape index (κ3) is 1.74. The van der Waals surface area contributed by atoms with E-state index in [4.69, 9.17) is 14.3 Å². The van der Waals surface area contributed by atoms with E-state index < -0.39 is 11.9 Å². The summed E-state index contributed by atoms with van der Waals surface area (Å²) in [6, 6.07) is 7.09. The molecule has 0 fully saturated rings. The number of fused-ring (bicyclic) bond motifs is 3. The first kappa shape index (κ1) is 11.3. The van der Waals surface area contributed by atoms with Gasteiger partial charge in [0.2, 0.25) is 5.75 Å². The number of ether oxygens (including phenoxy) is 2. The van der Waals surface area contributed by atoms with Crippen LogP contribution in [0.1, 0.15) is 0 Å². The molecule has 0 aliphatic carbocycles. The molecule has 1 aromatic carbocycles. The number of hydrogen-bond acceptors (Lipinski definition) is 5. The molecular weight excluding hydrogens is 250 g/mol. The van der Waals surface area contributed by atoms with Gasteiger partial charge in [0.15, 0.2) is 0 Å². The molecule has 0 saturated carbocycles. The van der Waals surface area contributed by atoms with Gasteiger partial charge in [-0.25, -0.2) is 9.59 Å². The lowest BCUT2D eigenvalue weighted by Crippen LogP contribution is -2.16. The highest BCUT2D eigenvalue weighted by molar-refractivity contribution is 5.99. The van der Waals surface area contributed by atoms with Crippen LogP contribution in [0, 0.1) is 0 Å². The summed E-state index contributed by atoms with van der Waals surface area (Å²) in [4.78, 5) is 28.2. The van der Waals surface area contributed by atoms with Crippen LogP contribution >= 0.6 is 0 Å². The van der Waals surface area contributed by atoms with Crippen molar-refractivity contribution in [1.82, 2.24) is 4.73 Å². The van der Waals surface area contributed by atoms with Crippen molar-refractivity contribution in [3.8, 4) is 11.6 Å². The van der Waals surface area contributed by atoms with Crippen LogP contribution in [0.2, 0.25) is 0 Å². The summed E-state index contributed by atoms with van der Waals surface area (Å²) in [6.45, 7) is 0. The van der Waals surface area contributed by atoms with E-state index in [-0.39, 0.29) is 11.6 Å². The highest BCUT2D eigenvalue weighted by Gasteiger charge is 2.25. The molecule has 0 bridgehead atoms. The zero-order chi connectivity index (χ0) is 13.4. The molecule has 0 spiro atoms. The first-order valence-electron chi connectivity index (χ1n) is 5.50. The zero-order valence-electron chi connectivity index (χ0n) is 9.95. The van der Waals surface area contributed by atoms with Crippen molar-refractivity contribution in [3.63, 3.8) is 0 Å². The molecule has 1 aliphatic heterocycles. The lowest BCUT2D eigenvalue weighted by atomic mass is 10.2. The van der Waals surface area contributed by atoms with E-state index in [0.717, 1.165) is 12.2 Å². The monoisotopic (exact) mass is 259 g/mol. The first-order chi connectivity index (χ1) is 9.20. The molecule has 0 N–H and O–H groups in total. The zero-order valence-corrected chi connectivity index (χ0v) is 9.95. The third-order valence-corrected chi connectivity index (χ3v) is 2.68. The first-order valence-corrected chi connectivity index (χ1v) is 5.50. The summed E-state index contributed by atoms with van der Waals surface area (Å²) in [5.74, 6) is -1.09. The minimum Gasteiger partial charge on any atom is -0.417 e. The molecule has 3 rings (SSSR count). The van der Waals surface area contributed by atoms with Gasteiger partial charge in [-0.2, -0.15) is 0 Å². The molecule has 0 radical (unpaired) electrons. The number of carbonyl (C=O) groups excluding carboxylic acids is 2. The topological polar surface area (TPSA) is 66.8 Å². The number of esters is 2. The molecule has 6 heteroatoms. The van der Waals surface area contributed by atoms with Crippen LogP contribution in [0.25, 0.3) is 10.9 Å². The minimum atomic E-state index is -0.668. The SMILES string of the molecule is COn1c2c(c3ccccc31)OC(=O)/C=C/C(=O)O2. The Morgan fingerprint density at radius 1 is 1.05 bits per heavy atom. The van der Waals surface area contributed by atoms with Crippen molar-refractivity contribution in [2.24, 2.45) is 0 Å². The van der Waals surface area contributed by atoms with Gasteiger partial charge in [0.05, 0.1) is 10.9 Å². The Hall–Kier alpha value is -2.76. The second-order valence-corrected chi connectivity index (χ2v) is 3.80. The van der Waals surface area contributed by atoms with Crippen molar-refractivity contribution >= 4 is 22.8 Å². The van der Waals surface area contributed by atoms with Crippen LogP contribution in [0.5, 0.6) is 11.6 Å². The molecule has 0 atom stereocenters. The molecule has 19 heavy (non-hydrogen) atoms. The molecule has 2 heterocycles. The summed E-state index contributed by atoms with van der Waals surface area (Å²) < 4.78 is 11.6. The Morgan fingerprint density at radius 2 is 1.74 bits per heavy atom. The summed E-state index contributed by atoms with van der Waals surface area (Å²) in [6.07, 6.45) is 2.02. The van der Waals surface area contributed by atoms with Gasteiger partial charge in [0.1, 0.15) is 7.11 Å². The predicted octanol–water partition coefficient (Wildman–Crippen LogP) is 1.08. The molecule has 1 aromatic heterocycles. The molecule has 2 aromatic rings. The molecule has 96 valence electrons. The van der Waals surface area contributed by atoms with E-state index in [1.54, 1.807) is 24.3 Å². The quantitative estimate of drug-likeness (QED) is 0.717. The maximum Gasteiger partial charge on any atom is 0.337 e. The Bertz CT molecular complexity index is 713. The predicted molar refractivity (Wildman–Crippen MR) is 64.9 cm³/mol. The molecular formula is C13H9NO5. The molecule has 0 saturated heterocycles. The van der Waals surface area contributed by atoms with Crippen molar-refractivity contribution in [3.05, 3.63) is 36.4 Å². The smallest absolute Gasteiger partial charge is 0.337 e. The van der Waals surface area contributed by atoms with Gasteiger partial charge in [0.25, 0.3) is 5.88 Å². The van der Waals surface area contributed by atoms with Gasteiger partial charge >= 0.3 is 11.9 Å². The maximum atomic E-state index is 11.5. The van der Waals surface area contributed by atoms with Gasteiger partial charge < -0.3 is 14.3 Å². The summed E-state index contributed by atoms with van der Waals surface area (Å²) >= 11 is 0. The number of rotatable bonds is 1. The van der Waals surface area contributed by atoms with Crippen molar-refractivity contribution < 1.29 is 23.9 Å². The van der Waals surface area contributed by atoms with Gasteiger partial charge in [-0.3, -0.25) is 0 Å². The molecule has 0 unspecified atom stereocenters. The third-order valence-electron chi connectivity index (χ3n) is 2.68. The lowest BCUT2D eigenvalue weighted by Gasteiger charge is -2.10. The van der Waals surface area contributed by atoms with Gasteiger partial charge in [0, 0.05) is 12.2 Å². The van der Waals surface area contributed by atoms with Crippen LogP contribution < -0.4 is 14.3 Å². The van der Waals surface area contributed by atoms with Crippen LogP contribution in [-0.4, -0.2) is 23.8 Å². The largest absolute Gasteiger partial charge is 0.417 e. The molecule has 1 aliphatic rings. The maximum absolute atomic E-state index is 11.5. The number of hydrogen-bond donors (Lipinski definition) is 0. The van der Waals surface area contributed by atoms with Gasteiger partial charge in [-0.15, -0.1) is 4.73 Å². The van der Waals surface area contributed by atoms with Crippen LogP contribution in [-0.2, 0) is 9.59 Å².